The van der Waals surface area contributed by atoms with E-state index in [1.54, 1.807) is 12.1 Å². The van der Waals surface area contributed by atoms with Gasteiger partial charge in [-0.25, -0.2) is 0 Å². The first-order valence-electron chi connectivity index (χ1n) is 9.93. The van der Waals surface area contributed by atoms with Crippen molar-refractivity contribution in [1.29, 1.82) is 0 Å². The van der Waals surface area contributed by atoms with Crippen LogP contribution in [0.1, 0.15) is 0 Å². The summed E-state index contributed by atoms with van der Waals surface area (Å²) in [5.41, 5.74) is 1.16. The van der Waals surface area contributed by atoms with Crippen LogP contribution >= 0.6 is 0 Å². The second kappa shape index (κ2) is 9.75. The van der Waals surface area contributed by atoms with Crippen LogP contribution in [0.3, 0.4) is 0 Å². The summed E-state index contributed by atoms with van der Waals surface area (Å²) in [4.78, 5) is 22.3. The molecule has 2 aromatic carbocycles. The number of amides is 2. The standard InChI is InChI=1S/2C7H7NO2.2C5H5.Zr/c2*9-5-8-6-3-1-2-4-7(6)10;2*1-2-4-5-3-1;/h2*1-5,10H,(H,8,9);2*1-5H;/q;;;;+2/p-2. The predicted octanol–water partition coefficient (Wildman–Crippen LogP) is 5.09. The normalized spacial score (nSPS) is 15.2. The van der Waals surface area contributed by atoms with Gasteiger partial charge in [0.25, 0.3) is 0 Å². The second-order valence-electron chi connectivity index (χ2n) is 7.03. The van der Waals surface area contributed by atoms with E-state index in [-0.39, 0.29) is 7.25 Å². The summed E-state index contributed by atoms with van der Waals surface area (Å²) in [5.74, 6) is 1.13. The zero-order valence-electron chi connectivity index (χ0n) is 16.7. The summed E-state index contributed by atoms with van der Waals surface area (Å²) < 4.78 is 13.6. The van der Waals surface area contributed by atoms with Crippen LogP contribution in [-0.4, -0.2) is 12.8 Å². The SMILES string of the molecule is O=CNc1ccccc1[O][Zr]([O]c1ccccc1NC=O)([CH]1C=CC=C1)[CH]1C=CC=C1. The summed E-state index contributed by atoms with van der Waals surface area (Å²) in [5, 5.41) is 5.43. The van der Waals surface area contributed by atoms with Crippen molar-refractivity contribution in [3.05, 3.63) is 97.1 Å². The topological polar surface area (TPSA) is 76.7 Å². The predicted molar refractivity (Wildman–Crippen MR) is 118 cm³/mol. The zero-order chi connectivity index (χ0) is 21.5. The first kappa shape index (κ1) is 21.1. The van der Waals surface area contributed by atoms with E-state index in [4.69, 9.17) is 5.63 Å². The minimum absolute atomic E-state index is 0.0275. The summed E-state index contributed by atoms with van der Waals surface area (Å²) in [6.07, 6.45) is 17.6. The Labute approximate surface area is 186 Å². The molecule has 0 saturated heterocycles. The molecule has 7 heteroatoms. The first-order valence-corrected chi connectivity index (χ1v) is 14.8. The number of rotatable bonds is 10. The quantitative estimate of drug-likeness (QED) is 0.452. The number of allylic oxidation sites excluding steroid dienone is 8. The third-order valence-corrected chi connectivity index (χ3v) is 14.3. The van der Waals surface area contributed by atoms with Gasteiger partial charge in [-0.05, 0) is 0 Å². The van der Waals surface area contributed by atoms with Crippen LogP contribution < -0.4 is 16.3 Å². The van der Waals surface area contributed by atoms with E-state index in [1.165, 1.54) is 0 Å². The van der Waals surface area contributed by atoms with E-state index in [1.807, 2.05) is 60.7 Å². The van der Waals surface area contributed by atoms with E-state index in [2.05, 4.69) is 34.9 Å². The molecule has 0 unspecified atom stereocenters. The van der Waals surface area contributed by atoms with E-state index in [9.17, 15) is 9.59 Å². The molecule has 0 heterocycles. The molecular formula is C24H22N2O4Zr. The molecule has 2 N–H and O–H groups in total. The molecule has 156 valence electrons. The molecule has 6 nitrogen and oxygen atoms in total. The molecule has 0 aromatic heterocycles. The van der Waals surface area contributed by atoms with Gasteiger partial charge in [0.15, 0.2) is 0 Å². The van der Waals surface area contributed by atoms with Crippen molar-refractivity contribution in [2.75, 3.05) is 10.6 Å². The fourth-order valence-electron chi connectivity index (χ4n) is 3.74. The molecule has 0 radical (unpaired) electrons. The molecule has 0 atom stereocenters. The van der Waals surface area contributed by atoms with Gasteiger partial charge >= 0.3 is 187 Å². The van der Waals surface area contributed by atoms with Crippen molar-refractivity contribution >= 4 is 24.2 Å². The Hall–Kier alpha value is -3.18. The van der Waals surface area contributed by atoms with Crippen molar-refractivity contribution in [1.82, 2.24) is 0 Å². The zero-order valence-corrected chi connectivity index (χ0v) is 19.1. The second-order valence-corrected chi connectivity index (χ2v) is 14.9. The Kier molecular flexibility index (Phi) is 6.63. The van der Waals surface area contributed by atoms with E-state index >= 15 is 0 Å². The van der Waals surface area contributed by atoms with Gasteiger partial charge in [0.1, 0.15) is 0 Å². The van der Waals surface area contributed by atoms with Gasteiger partial charge in [-0.2, -0.15) is 0 Å². The molecule has 0 bridgehead atoms. The Morgan fingerprint density at radius 1 is 0.645 bits per heavy atom. The van der Waals surface area contributed by atoms with Crippen LogP contribution in [0.15, 0.2) is 97.1 Å². The summed E-state index contributed by atoms with van der Waals surface area (Å²) in [7, 11) is 0. The fourth-order valence-corrected chi connectivity index (χ4v) is 12.6. The first-order chi connectivity index (χ1) is 15.3. The van der Waals surface area contributed by atoms with Gasteiger partial charge < -0.3 is 0 Å². The Bertz CT molecular complexity index is 967. The fraction of sp³-hybridized carbons (Fsp3) is 0.0833. The van der Waals surface area contributed by atoms with Gasteiger partial charge in [-0.1, -0.05) is 0 Å². The van der Waals surface area contributed by atoms with Crippen LogP contribution in [0.2, 0.25) is 7.25 Å². The summed E-state index contributed by atoms with van der Waals surface area (Å²) in [6.45, 7) is 0. The molecule has 2 aliphatic carbocycles. The van der Waals surface area contributed by atoms with E-state index < -0.39 is 21.1 Å². The maximum absolute atomic E-state index is 11.1. The molecule has 0 aliphatic heterocycles. The van der Waals surface area contributed by atoms with Crippen molar-refractivity contribution < 1.29 is 36.4 Å². The van der Waals surface area contributed by atoms with Gasteiger partial charge in [-0.15, -0.1) is 0 Å². The van der Waals surface area contributed by atoms with Crippen LogP contribution in [-0.2, 0) is 30.7 Å². The summed E-state index contributed by atoms with van der Waals surface area (Å²) in [6, 6.07) is 14.7. The van der Waals surface area contributed by atoms with Gasteiger partial charge in [-0.3, -0.25) is 0 Å². The van der Waals surface area contributed by atoms with Crippen molar-refractivity contribution in [2.24, 2.45) is 0 Å². The van der Waals surface area contributed by atoms with Crippen molar-refractivity contribution in [2.45, 2.75) is 7.25 Å². The Balaban J connectivity index is 1.84. The van der Waals surface area contributed by atoms with E-state index in [0.29, 0.717) is 35.7 Å². The number of hydrogen-bond donors (Lipinski definition) is 2. The third-order valence-electron chi connectivity index (χ3n) is 5.17. The van der Waals surface area contributed by atoms with Crippen LogP contribution in [0.4, 0.5) is 11.4 Å². The van der Waals surface area contributed by atoms with Crippen molar-refractivity contribution in [3.8, 4) is 11.5 Å². The molecule has 31 heavy (non-hydrogen) atoms. The Morgan fingerprint density at radius 2 is 1.03 bits per heavy atom. The monoisotopic (exact) mass is 492 g/mol. The maximum atomic E-state index is 11.1. The molecule has 2 aliphatic rings. The molecule has 0 saturated carbocycles. The summed E-state index contributed by atoms with van der Waals surface area (Å²) >= 11 is -4.20. The number of para-hydroxylation sites is 4. The third kappa shape index (κ3) is 4.47. The van der Waals surface area contributed by atoms with Crippen LogP contribution in [0, 0.1) is 0 Å². The number of anilines is 2. The Morgan fingerprint density at radius 3 is 1.42 bits per heavy atom. The molecular weight excluding hydrogens is 471 g/mol. The van der Waals surface area contributed by atoms with Gasteiger partial charge in [0.05, 0.1) is 0 Å². The number of carbonyl (C=O) groups excluding carboxylic acids is 2. The average molecular weight is 494 g/mol. The molecule has 2 aromatic rings. The molecule has 4 rings (SSSR count). The van der Waals surface area contributed by atoms with Gasteiger partial charge in [0, 0.05) is 0 Å². The average Bonchev–Trinajstić information content (AvgIpc) is 3.51. The number of nitrogens with one attached hydrogen (secondary N) is 2. The van der Waals surface area contributed by atoms with Gasteiger partial charge in [0.2, 0.25) is 0 Å². The van der Waals surface area contributed by atoms with E-state index in [0.717, 1.165) is 0 Å². The minimum atomic E-state index is -4.20. The molecule has 0 fully saturated rings. The van der Waals surface area contributed by atoms with Crippen LogP contribution in [0.25, 0.3) is 0 Å². The number of hydrogen-bond acceptors (Lipinski definition) is 4. The molecule has 0 spiro atoms. The number of carbonyl (C=O) groups is 2. The number of benzene rings is 2. The molecule has 2 amide bonds. The van der Waals surface area contributed by atoms with Crippen LogP contribution in [0.5, 0.6) is 11.5 Å². The van der Waals surface area contributed by atoms with Crippen molar-refractivity contribution in [3.63, 3.8) is 0 Å².